The number of carbonyl (C=O) groups is 1. The number of hydrogen-bond donors (Lipinski definition) is 2. The first-order chi connectivity index (χ1) is 11.7. The van der Waals surface area contributed by atoms with Crippen molar-refractivity contribution in [3.05, 3.63) is 59.4 Å². The third-order valence-corrected chi connectivity index (χ3v) is 3.70. The van der Waals surface area contributed by atoms with E-state index in [2.05, 4.69) is 10.6 Å². The first-order valence-corrected chi connectivity index (χ1v) is 7.81. The Morgan fingerprint density at radius 3 is 2.58 bits per heavy atom. The summed E-state index contributed by atoms with van der Waals surface area (Å²) in [7, 11) is 0. The zero-order chi connectivity index (χ0) is 16.8. The van der Waals surface area contributed by atoms with Crippen LogP contribution in [-0.2, 0) is 17.9 Å². The Morgan fingerprint density at radius 1 is 1.00 bits per heavy atom. The molecule has 0 fully saturated rings. The lowest BCUT2D eigenvalue weighted by molar-refractivity contribution is -0.121. The van der Waals surface area contributed by atoms with Gasteiger partial charge in [0.25, 0.3) is 0 Å². The quantitative estimate of drug-likeness (QED) is 0.765. The number of ether oxygens (including phenoxy) is 2. The van der Waals surface area contributed by atoms with Crippen molar-refractivity contribution in [1.29, 1.82) is 0 Å². The Bertz CT molecular complexity index is 704. The molecule has 5 nitrogen and oxygen atoms in total. The number of rotatable bonds is 7. The molecule has 6 heteroatoms. The normalized spacial score (nSPS) is 12.2. The molecular weight excluding hydrogens is 311 g/mol. The molecule has 1 aliphatic rings. The standard InChI is InChI=1S/C18H19FN2O3/c19-15-4-1-13(2-5-15)10-20-8-7-18(22)21-11-14-3-6-16-17(9-14)24-12-23-16/h1-6,9,20H,7-8,10-12H2,(H,21,22). The predicted octanol–water partition coefficient (Wildman–Crippen LogP) is 2.35. The third-order valence-electron chi connectivity index (χ3n) is 3.70. The lowest BCUT2D eigenvalue weighted by atomic mass is 10.2. The van der Waals surface area contributed by atoms with Gasteiger partial charge >= 0.3 is 0 Å². The molecule has 126 valence electrons. The van der Waals surface area contributed by atoms with Crippen LogP contribution in [0.2, 0.25) is 0 Å². The maximum absolute atomic E-state index is 12.8. The minimum absolute atomic E-state index is 0.0285. The van der Waals surface area contributed by atoms with Crippen LogP contribution in [0.5, 0.6) is 11.5 Å². The van der Waals surface area contributed by atoms with E-state index in [9.17, 15) is 9.18 Å². The molecule has 24 heavy (non-hydrogen) atoms. The molecule has 0 aromatic heterocycles. The van der Waals surface area contributed by atoms with Crippen molar-refractivity contribution in [2.24, 2.45) is 0 Å². The summed E-state index contributed by atoms with van der Waals surface area (Å²) in [6.07, 6.45) is 0.381. The molecule has 0 saturated carbocycles. The van der Waals surface area contributed by atoms with Crippen molar-refractivity contribution in [3.8, 4) is 11.5 Å². The van der Waals surface area contributed by atoms with Gasteiger partial charge < -0.3 is 20.1 Å². The van der Waals surface area contributed by atoms with Crippen LogP contribution < -0.4 is 20.1 Å². The highest BCUT2D eigenvalue weighted by Crippen LogP contribution is 2.32. The number of benzene rings is 2. The largest absolute Gasteiger partial charge is 0.454 e. The van der Waals surface area contributed by atoms with Gasteiger partial charge in [-0.25, -0.2) is 4.39 Å². The summed E-state index contributed by atoms with van der Waals surface area (Å²) in [5.41, 5.74) is 1.95. The first kappa shape index (κ1) is 16.3. The number of carbonyl (C=O) groups excluding carboxylic acids is 1. The fourth-order valence-electron chi connectivity index (χ4n) is 2.38. The first-order valence-electron chi connectivity index (χ1n) is 7.81. The van der Waals surface area contributed by atoms with Crippen molar-refractivity contribution in [2.75, 3.05) is 13.3 Å². The number of halogens is 1. The van der Waals surface area contributed by atoms with Gasteiger partial charge in [-0.3, -0.25) is 4.79 Å². The summed E-state index contributed by atoms with van der Waals surface area (Å²) in [6, 6.07) is 11.9. The van der Waals surface area contributed by atoms with Gasteiger partial charge in [0.1, 0.15) is 5.82 Å². The number of amides is 1. The van der Waals surface area contributed by atoms with Gasteiger partial charge in [0.15, 0.2) is 11.5 Å². The van der Waals surface area contributed by atoms with E-state index in [0.29, 0.717) is 31.8 Å². The Morgan fingerprint density at radius 2 is 1.75 bits per heavy atom. The second-order valence-corrected chi connectivity index (χ2v) is 5.52. The van der Waals surface area contributed by atoms with Crippen LogP contribution in [0, 0.1) is 5.82 Å². The molecule has 0 aliphatic carbocycles. The molecule has 0 saturated heterocycles. The number of hydrogen-bond acceptors (Lipinski definition) is 4. The molecule has 0 unspecified atom stereocenters. The van der Waals surface area contributed by atoms with Crippen LogP contribution in [-0.4, -0.2) is 19.2 Å². The number of nitrogens with one attached hydrogen (secondary N) is 2. The summed E-state index contributed by atoms with van der Waals surface area (Å²) in [6.45, 7) is 1.86. The fourth-order valence-corrected chi connectivity index (χ4v) is 2.38. The van der Waals surface area contributed by atoms with Gasteiger partial charge in [0.2, 0.25) is 12.7 Å². The molecule has 0 spiro atoms. The third kappa shape index (κ3) is 4.45. The summed E-state index contributed by atoms with van der Waals surface area (Å²) in [5, 5.41) is 6.04. The second-order valence-electron chi connectivity index (χ2n) is 5.52. The molecule has 1 amide bonds. The maximum atomic E-state index is 12.8. The van der Waals surface area contributed by atoms with Gasteiger partial charge in [-0.1, -0.05) is 18.2 Å². The molecule has 0 bridgehead atoms. The smallest absolute Gasteiger partial charge is 0.231 e. The highest BCUT2D eigenvalue weighted by molar-refractivity contribution is 5.76. The molecule has 2 aromatic carbocycles. The van der Waals surface area contributed by atoms with Gasteiger partial charge in [0, 0.05) is 26.1 Å². The van der Waals surface area contributed by atoms with Gasteiger partial charge in [0.05, 0.1) is 0 Å². The lowest BCUT2D eigenvalue weighted by Crippen LogP contribution is -2.27. The highest BCUT2D eigenvalue weighted by atomic mass is 19.1. The van der Waals surface area contributed by atoms with Crippen molar-refractivity contribution in [3.63, 3.8) is 0 Å². The van der Waals surface area contributed by atoms with Crippen molar-refractivity contribution in [1.82, 2.24) is 10.6 Å². The van der Waals surface area contributed by atoms with E-state index in [1.807, 2.05) is 18.2 Å². The highest BCUT2D eigenvalue weighted by Gasteiger charge is 2.13. The average molecular weight is 330 g/mol. The zero-order valence-corrected chi connectivity index (χ0v) is 13.2. The molecule has 2 aromatic rings. The van der Waals surface area contributed by atoms with Crippen LogP contribution in [0.15, 0.2) is 42.5 Å². The van der Waals surface area contributed by atoms with Crippen LogP contribution in [0.25, 0.3) is 0 Å². The SMILES string of the molecule is O=C(CCNCc1ccc(F)cc1)NCc1ccc2c(c1)OCO2. The summed E-state index contributed by atoms with van der Waals surface area (Å²) in [4.78, 5) is 11.8. The molecule has 3 rings (SSSR count). The summed E-state index contributed by atoms with van der Waals surface area (Å²) >= 11 is 0. The van der Waals surface area contributed by atoms with E-state index < -0.39 is 0 Å². The average Bonchev–Trinajstić information content (AvgIpc) is 3.06. The topological polar surface area (TPSA) is 59.6 Å². The van der Waals surface area contributed by atoms with E-state index in [4.69, 9.17) is 9.47 Å². The van der Waals surface area contributed by atoms with Crippen molar-refractivity contribution in [2.45, 2.75) is 19.5 Å². The van der Waals surface area contributed by atoms with Gasteiger partial charge in [-0.05, 0) is 35.4 Å². The summed E-state index contributed by atoms with van der Waals surface area (Å²) in [5.74, 6) is 1.17. The molecule has 0 atom stereocenters. The van der Waals surface area contributed by atoms with Gasteiger partial charge in [-0.15, -0.1) is 0 Å². The Hall–Kier alpha value is -2.60. The Kier molecular flexibility index (Phi) is 5.28. The molecule has 2 N–H and O–H groups in total. The van der Waals surface area contributed by atoms with E-state index in [1.165, 1.54) is 12.1 Å². The van der Waals surface area contributed by atoms with Crippen molar-refractivity contribution < 1.29 is 18.7 Å². The van der Waals surface area contributed by atoms with Crippen LogP contribution in [0.1, 0.15) is 17.5 Å². The molecule has 0 radical (unpaired) electrons. The van der Waals surface area contributed by atoms with Gasteiger partial charge in [-0.2, -0.15) is 0 Å². The van der Waals surface area contributed by atoms with E-state index in [1.54, 1.807) is 12.1 Å². The van der Waals surface area contributed by atoms with Crippen LogP contribution >= 0.6 is 0 Å². The fraction of sp³-hybridized carbons (Fsp3) is 0.278. The monoisotopic (exact) mass is 330 g/mol. The molecular formula is C18H19FN2O3. The Labute approximate surface area is 139 Å². The second kappa shape index (κ2) is 7.79. The van der Waals surface area contributed by atoms with E-state index >= 15 is 0 Å². The minimum Gasteiger partial charge on any atom is -0.454 e. The predicted molar refractivity (Wildman–Crippen MR) is 87.1 cm³/mol. The molecule has 1 aliphatic heterocycles. The maximum Gasteiger partial charge on any atom is 0.231 e. The minimum atomic E-state index is -0.248. The zero-order valence-electron chi connectivity index (χ0n) is 13.2. The Balaban J connectivity index is 1.34. The van der Waals surface area contributed by atoms with Crippen LogP contribution in [0.3, 0.4) is 0 Å². The van der Waals surface area contributed by atoms with Crippen LogP contribution in [0.4, 0.5) is 4.39 Å². The molecule has 1 heterocycles. The lowest BCUT2D eigenvalue weighted by Gasteiger charge is -2.07. The number of fused-ring (bicyclic) bond motifs is 1. The van der Waals surface area contributed by atoms with Crippen molar-refractivity contribution >= 4 is 5.91 Å². The van der Waals surface area contributed by atoms with E-state index in [0.717, 1.165) is 16.9 Å². The summed E-state index contributed by atoms with van der Waals surface area (Å²) < 4.78 is 23.3. The van der Waals surface area contributed by atoms with E-state index in [-0.39, 0.29) is 18.5 Å².